The average Bonchev–Trinajstić information content (AvgIpc) is 2.33. The number of nitrogens with one attached hydrogen (secondary N) is 1. The number of hydroxylamine groups is 1. The van der Waals surface area contributed by atoms with Gasteiger partial charge in [-0.3, -0.25) is 9.63 Å². The molecule has 1 aromatic carbocycles. The summed E-state index contributed by atoms with van der Waals surface area (Å²) >= 11 is 5.81. The first-order valence-electron chi connectivity index (χ1n) is 5.42. The lowest BCUT2D eigenvalue weighted by Gasteiger charge is -2.09. The third-order valence-corrected chi connectivity index (χ3v) is 2.31. The second kappa shape index (κ2) is 7.92. The van der Waals surface area contributed by atoms with Gasteiger partial charge in [-0.1, -0.05) is 11.6 Å². The maximum absolute atomic E-state index is 11.3. The third kappa shape index (κ3) is 5.35. The number of hydrogen-bond acceptors (Lipinski definition) is 4. The van der Waals surface area contributed by atoms with Crippen LogP contribution in [0.3, 0.4) is 0 Å². The maximum atomic E-state index is 11.3. The van der Waals surface area contributed by atoms with Gasteiger partial charge in [-0.15, -0.1) is 0 Å². The van der Waals surface area contributed by atoms with Crippen LogP contribution in [0.15, 0.2) is 18.2 Å². The van der Waals surface area contributed by atoms with Crippen molar-refractivity contribution >= 4 is 17.5 Å². The first-order valence-corrected chi connectivity index (χ1v) is 5.80. The number of carbonyl (C=O) groups is 1. The summed E-state index contributed by atoms with van der Waals surface area (Å²) in [5, 5.41) is 0.632. The van der Waals surface area contributed by atoms with E-state index in [0.717, 1.165) is 5.56 Å². The summed E-state index contributed by atoms with van der Waals surface area (Å²) in [6.45, 7) is 2.45. The topological polar surface area (TPSA) is 56.8 Å². The second-order valence-corrected chi connectivity index (χ2v) is 4.00. The molecule has 0 saturated heterocycles. The number of ether oxygens (including phenoxy) is 2. The summed E-state index contributed by atoms with van der Waals surface area (Å²) in [5.74, 6) is 0.256. The molecule has 18 heavy (non-hydrogen) atoms. The van der Waals surface area contributed by atoms with Crippen LogP contribution in [0.5, 0.6) is 5.75 Å². The number of carbonyl (C=O) groups excluding carboxylic acids is 1. The highest BCUT2D eigenvalue weighted by Crippen LogP contribution is 2.21. The molecule has 0 aliphatic heterocycles. The average molecular weight is 274 g/mol. The maximum Gasteiger partial charge on any atom is 0.281 e. The van der Waals surface area contributed by atoms with Crippen LogP contribution in [0.25, 0.3) is 0 Å². The van der Waals surface area contributed by atoms with Crippen molar-refractivity contribution in [1.29, 1.82) is 0 Å². The minimum Gasteiger partial charge on any atom is -0.483 e. The fraction of sp³-hybridized carbons (Fsp3) is 0.417. The zero-order chi connectivity index (χ0) is 13.4. The molecule has 0 bridgehead atoms. The molecular weight excluding hydrogens is 258 g/mol. The van der Waals surface area contributed by atoms with E-state index in [0.29, 0.717) is 24.0 Å². The Labute approximate surface area is 111 Å². The standard InChI is InChI=1S/C12H16ClNO4/c1-9-7-10(13)3-4-11(9)17-8-12(15)14-18-6-5-16-2/h3-4,7H,5-6,8H2,1-2H3,(H,14,15). The van der Waals surface area contributed by atoms with Gasteiger partial charge in [0.15, 0.2) is 6.61 Å². The molecule has 0 unspecified atom stereocenters. The molecule has 1 aromatic rings. The van der Waals surface area contributed by atoms with Gasteiger partial charge < -0.3 is 9.47 Å². The van der Waals surface area contributed by atoms with Crippen molar-refractivity contribution in [1.82, 2.24) is 5.48 Å². The molecule has 0 atom stereocenters. The van der Waals surface area contributed by atoms with E-state index >= 15 is 0 Å². The van der Waals surface area contributed by atoms with Crippen molar-refractivity contribution in [3.05, 3.63) is 28.8 Å². The van der Waals surface area contributed by atoms with Crippen LogP contribution >= 0.6 is 11.6 Å². The Morgan fingerprint density at radius 3 is 2.83 bits per heavy atom. The number of amides is 1. The molecule has 5 nitrogen and oxygen atoms in total. The van der Waals surface area contributed by atoms with E-state index in [4.69, 9.17) is 25.9 Å². The molecule has 0 aliphatic rings. The van der Waals surface area contributed by atoms with Gasteiger partial charge in [-0.05, 0) is 30.7 Å². The van der Waals surface area contributed by atoms with E-state index in [2.05, 4.69) is 5.48 Å². The van der Waals surface area contributed by atoms with Crippen LogP contribution in [0.4, 0.5) is 0 Å². The van der Waals surface area contributed by atoms with E-state index in [9.17, 15) is 4.79 Å². The number of hydrogen-bond donors (Lipinski definition) is 1. The molecule has 0 heterocycles. The molecule has 1 N–H and O–H groups in total. The Hall–Kier alpha value is -1.30. The summed E-state index contributed by atoms with van der Waals surface area (Å²) < 4.78 is 10.1. The van der Waals surface area contributed by atoms with Crippen molar-refractivity contribution in [3.8, 4) is 5.75 Å². The normalized spacial score (nSPS) is 10.2. The molecule has 0 aromatic heterocycles. The van der Waals surface area contributed by atoms with Crippen LogP contribution in [0, 0.1) is 6.92 Å². The molecular formula is C12H16ClNO4. The molecule has 0 aliphatic carbocycles. The van der Waals surface area contributed by atoms with Gasteiger partial charge in [0, 0.05) is 12.1 Å². The lowest BCUT2D eigenvalue weighted by molar-refractivity contribution is -0.136. The SMILES string of the molecule is COCCONC(=O)COc1ccc(Cl)cc1C. The van der Waals surface area contributed by atoms with Crippen LogP contribution in [-0.4, -0.2) is 32.8 Å². The highest BCUT2D eigenvalue weighted by atomic mass is 35.5. The summed E-state index contributed by atoms with van der Waals surface area (Å²) in [5.41, 5.74) is 3.12. The second-order valence-electron chi connectivity index (χ2n) is 3.56. The highest BCUT2D eigenvalue weighted by molar-refractivity contribution is 6.30. The van der Waals surface area contributed by atoms with Gasteiger partial charge in [0.2, 0.25) is 0 Å². The van der Waals surface area contributed by atoms with Gasteiger partial charge in [0.25, 0.3) is 5.91 Å². The molecule has 1 rings (SSSR count). The number of benzene rings is 1. The van der Waals surface area contributed by atoms with E-state index in [1.165, 1.54) is 0 Å². The smallest absolute Gasteiger partial charge is 0.281 e. The van der Waals surface area contributed by atoms with Crippen molar-refractivity contribution in [2.75, 3.05) is 26.9 Å². The van der Waals surface area contributed by atoms with Crippen LogP contribution in [0.2, 0.25) is 5.02 Å². The molecule has 0 radical (unpaired) electrons. The van der Waals surface area contributed by atoms with E-state index in [1.54, 1.807) is 25.3 Å². The zero-order valence-corrected chi connectivity index (χ0v) is 11.1. The van der Waals surface area contributed by atoms with Crippen molar-refractivity contribution < 1.29 is 19.1 Å². The van der Waals surface area contributed by atoms with Crippen LogP contribution in [0.1, 0.15) is 5.56 Å². The monoisotopic (exact) mass is 273 g/mol. The summed E-state index contributed by atoms with van der Waals surface area (Å²) in [4.78, 5) is 16.2. The van der Waals surface area contributed by atoms with Crippen molar-refractivity contribution in [2.24, 2.45) is 0 Å². The minimum atomic E-state index is -0.361. The highest BCUT2D eigenvalue weighted by Gasteiger charge is 2.05. The van der Waals surface area contributed by atoms with Gasteiger partial charge >= 0.3 is 0 Å². The number of halogens is 1. The van der Waals surface area contributed by atoms with E-state index in [1.807, 2.05) is 6.92 Å². The van der Waals surface area contributed by atoms with Crippen molar-refractivity contribution in [3.63, 3.8) is 0 Å². The van der Waals surface area contributed by atoms with Crippen LogP contribution in [-0.2, 0) is 14.4 Å². The number of rotatable bonds is 7. The first-order chi connectivity index (χ1) is 8.63. The third-order valence-electron chi connectivity index (χ3n) is 2.07. The zero-order valence-electron chi connectivity index (χ0n) is 10.4. The van der Waals surface area contributed by atoms with Gasteiger partial charge in [0.1, 0.15) is 5.75 Å². The molecule has 1 amide bonds. The molecule has 0 spiro atoms. The fourth-order valence-electron chi connectivity index (χ4n) is 1.20. The quantitative estimate of drug-likeness (QED) is 0.607. The summed E-state index contributed by atoms with van der Waals surface area (Å²) in [6, 6.07) is 5.19. The Morgan fingerprint density at radius 2 is 2.17 bits per heavy atom. The predicted octanol–water partition coefficient (Wildman–Crippen LogP) is 1.72. The Kier molecular flexibility index (Phi) is 6.49. The van der Waals surface area contributed by atoms with Crippen molar-refractivity contribution in [2.45, 2.75) is 6.92 Å². The molecule has 0 fully saturated rings. The lowest BCUT2D eigenvalue weighted by Crippen LogP contribution is -2.30. The number of aryl methyl sites for hydroxylation is 1. The lowest BCUT2D eigenvalue weighted by atomic mass is 10.2. The number of methoxy groups -OCH3 is 1. The molecule has 6 heteroatoms. The summed E-state index contributed by atoms with van der Waals surface area (Å²) in [7, 11) is 1.55. The minimum absolute atomic E-state index is 0.116. The molecule has 100 valence electrons. The van der Waals surface area contributed by atoms with Gasteiger partial charge in [-0.2, -0.15) is 0 Å². The summed E-state index contributed by atoms with van der Waals surface area (Å²) in [6.07, 6.45) is 0. The van der Waals surface area contributed by atoms with E-state index in [-0.39, 0.29) is 12.5 Å². The van der Waals surface area contributed by atoms with Gasteiger partial charge in [-0.25, -0.2) is 5.48 Å². The fourth-order valence-corrected chi connectivity index (χ4v) is 1.43. The van der Waals surface area contributed by atoms with Crippen LogP contribution < -0.4 is 10.2 Å². The largest absolute Gasteiger partial charge is 0.483 e. The predicted molar refractivity (Wildman–Crippen MR) is 67.7 cm³/mol. The molecule has 0 saturated carbocycles. The Balaban J connectivity index is 2.29. The Morgan fingerprint density at radius 1 is 1.39 bits per heavy atom. The first kappa shape index (κ1) is 14.8. The van der Waals surface area contributed by atoms with E-state index < -0.39 is 0 Å². The Bertz CT molecular complexity index is 398. The van der Waals surface area contributed by atoms with Gasteiger partial charge in [0.05, 0.1) is 13.2 Å².